The SMILES string of the molecule is CN1NN(COC(OS(C)(=O)=O)C(Cc2ccc3ccccc3c2)OS(=O)(=O)C(F)(F)F)C=C1c1ccccc1. The van der Waals surface area contributed by atoms with Gasteiger partial charge in [0, 0.05) is 25.2 Å². The molecule has 1 aliphatic rings. The Kier molecular flexibility index (Phi) is 8.72. The third-order valence-corrected chi connectivity index (χ3v) is 7.33. The number of halogens is 3. The second kappa shape index (κ2) is 11.7. The Morgan fingerprint density at radius 2 is 1.55 bits per heavy atom. The highest BCUT2D eigenvalue weighted by Crippen LogP contribution is 2.29. The van der Waals surface area contributed by atoms with Gasteiger partial charge in [-0.3, -0.25) is 14.2 Å². The van der Waals surface area contributed by atoms with Gasteiger partial charge in [0.05, 0.1) is 12.0 Å². The van der Waals surface area contributed by atoms with E-state index in [2.05, 4.69) is 9.72 Å². The highest BCUT2D eigenvalue weighted by molar-refractivity contribution is 7.87. The summed E-state index contributed by atoms with van der Waals surface area (Å²) in [5.74, 6) is 0. The first kappa shape index (κ1) is 29.8. The third kappa shape index (κ3) is 7.50. The summed E-state index contributed by atoms with van der Waals surface area (Å²) in [6.07, 6.45) is -2.32. The zero-order valence-electron chi connectivity index (χ0n) is 21.3. The van der Waals surface area contributed by atoms with Gasteiger partial charge >= 0.3 is 15.6 Å². The van der Waals surface area contributed by atoms with E-state index in [9.17, 15) is 30.0 Å². The van der Waals surface area contributed by atoms with Crippen molar-refractivity contribution < 1.29 is 43.1 Å². The molecule has 0 bridgehead atoms. The van der Waals surface area contributed by atoms with E-state index < -0.39 is 51.3 Å². The number of ether oxygens (including phenoxy) is 1. The van der Waals surface area contributed by atoms with Crippen LogP contribution in [0.2, 0.25) is 0 Å². The Hall–Kier alpha value is -3.21. The van der Waals surface area contributed by atoms with Crippen LogP contribution in [0.4, 0.5) is 13.2 Å². The molecule has 4 rings (SSSR count). The fourth-order valence-corrected chi connectivity index (χ4v) is 5.08. The maximum atomic E-state index is 13.3. The molecule has 3 aromatic rings. The molecule has 0 saturated carbocycles. The number of fused-ring (bicyclic) bond motifs is 1. The molecule has 1 N–H and O–H groups in total. The minimum absolute atomic E-state index is 0.358. The molecule has 0 aromatic heterocycles. The second-order valence-electron chi connectivity index (χ2n) is 8.89. The fraction of sp³-hybridized carbons (Fsp3) is 0.280. The van der Waals surface area contributed by atoms with Crippen molar-refractivity contribution in [3.8, 4) is 0 Å². The summed E-state index contributed by atoms with van der Waals surface area (Å²) in [4.78, 5) is 0. The molecule has 1 heterocycles. The molecule has 1 aliphatic heterocycles. The van der Waals surface area contributed by atoms with Crippen LogP contribution in [0.25, 0.3) is 16.5 Å². The van der Waals surface area contributed by atoms with Crippen molar-refractivity contribution in [1.82, 2.24) is 15.6 Å². The number of alkyl halides is 3. The van der Waals surface area contributed by atoms with E-state index in [1.165, 1.54) is 5.01 Å². The molecule has 0 radical (unpaired) electrons. The van der Waals surface area contributed by atoms with Gasteiger partial charge in [0.15, 0.2) is 0 Å². The summed E-state index contributed by atoms with van der Waals surface area (Å²) < 4.78 is 103. The van der Waals surface area contributed by atoms with Crippen LogP contribution in [0.3, 0.4) is 0 Å². The van der Waals surface area contributed by atoms with Gasteiger partial charge in [-0.15, -0.1) is 5.53 Å². The number of benzene rings is 3. The predicted octanol–water partition coefficient (Wildman–Crippen LogP) is 3.56. The van der Waals surface area contributed by atoms with Gasteiger partial charge in [-0.05, 0) is 16.3 Å². The monoisotopic (exact) mass is 601 g/mol. The number of hydrazine groups is 2. The van der Waals surface area contributed by atoms with E-state index in [-0.39, 0.29) is 0 Å². The van der Waals surface area contributed by atoms with Crippen molar-refractivity contribution in [2.45, 2.75) is 24.3 Å². The summed E-state index contributed by atoms with van der Waals surface area (Å²) in [6.45, 7) is -0.454. The van der Waals surface area contributed by atoms with E-state index in [1.807, 2.05) is 36.4 Å². The third-order valence-electron chi connectivity index (χ3n) is 5.72. The first-order valence-electron chi connectivity index (χ1n) is 11.7. The molecule has 15 heteroatoms. The molecule has 0 spiro atoms. The van der Waals surface area contributed by atoms with Gasteiger partial charge in [-0.2, -0.15) is 30.0 Å². The summed E-state index contributed by atoms with van der Waals surface area (Å²) >= 11 is 0. The van der Waals surface area contributed by atoms with Crippen LogP contribution in [0.5, 0.6) is 0 Å². The van der Waals surface area contributed by atoms with Crippen molar-refractivity contribution in [3.05, 3.63) is 90.1 Å². The van der Waals surface area contributed by atoms with Crippen LogP contribution in [0.1, 0.15) is 11.1 Å². The molecule has 216 valence electrons. The van der Waals surface area contributed by atoms with Gasteiger partial charge in [0.1, 0.15) is 12.8 Å². The number of hydrogen-bond acceptors (Lipinski definition) is 10. The standard InChI is InChI=1S/C25H26F3N3O7S2/c1-30-22(20-9-4-3-5-10-20)16-31(29-30)17-36-24(38-39(2,32)33)23(37-40(34,35)25(26,27)28)15-18-12-13-19-8-6-7-11-21(19)14-18/h3-14,16,23-24,29H,15,17H2,1-2H3. The van der Waals surface area contributed by atoms with Crippen LogP contribution in [-0.2, 0) is 39.8 Å². The summed E-state index contributed by atoms with van der Waals surface area (Å²) in [5, 5.41) is 4.55. The molecule has 0 amide bonds. The summed E-state index contributed by atoms with van der Waals surface area (Å²) in [6, 6.07) is 21.2. The van der Waals surface area contributed by atoms with Crippen LogP contribution < -0.4 is 5.53 Å². The molecular weight excluding hydrogens is 575 g/mol. The number of rotatable bonds is 11. The van der Waals surface area contributed by atoms with Crippen molar-refractivity contribution in [1.29, 1.82) is 0 Å². The van der Waals surface area contributed by atoms with E-state index >= 15 is 0 Å². The molecule has 10 nitrogen and oxygen atoms in total. The molecular formula is C25H26F3N3O7S2. The van der Waals surface area contributed by atoms with Gasteiger partial charge in [0.2, 0.25) is 6.29 Å². The highest BCUT2D eigenvalue weighted by atomic mass is 32.2. The van der Waals surface area contributed by atoms with Gasteiger partial charge < -0.3 is 4.74 Å². The Balaban J connectivity index is 1.63. The number of hydrogen-bond donors (Lipinski definition) is 1. The maximum absolute atomic E-state index is 13.3. The Morgan fingerprint density at radius 1 is 0.900 bits per heavy atom. The van der Waals surface area contributed by atoms with Gasteiger partial charge in [-0.1, -0.05) is 72.8 Å². The van der Waals surface area contributed by atoms with Crippen molar-refractivity contribution in [3.63, 3.8) is 0 Å². The minimum atomic E-state index is -6.16. The smallest absolute Gasteiger partial charge is 0.327 e. The second-order valence-corrected chi connectivity index (χ2v) is 12.1. The largest absolute Gasteiger partial charge is 0.523 e. The molecule has 0 aliphatic carbocycles. The average molecular weight is 602 g/mol. The van der Waals surface area contributed by atoms with Crippen molar-refractivity contribution >= 4 is 36.7 Å². The lowest BCUT2D eigenvalue weighted by atomic mass is 10.0. The first-order chi connectivity index (χ1) is 18.7. The Morgan fingerprint density at radius 3 is 2.20 bits per heavy atom. The predicted molar refractivity (Wildman–Crippen MR) is 140 cm³/mol. The normalized spacial score (nSPS) is 16.3. The van der Waals surface area contributed by atoms with E-state index in [4.69, 9.17) is 8.92 Å². The van der Waals surface area contributed by atoms with E-state index in [0.717, 1.165) is 16.3 Å². The average Bonchev–Trinajstić information content (AvgIpc) is 3.25. The van der Waals surface area contributed by atoms with Crippen LogP contribution >= 0.6 is 0 Å². The maximum Gasteiger partial charge on any atom is 0.523 e. The number of nitrogens with one attached hydrogen (secondary N) is 1. The van der Waals surface area contributed by atoms with Crippen molar-refractivity contribution in [2.24, 2.45) is 0 Å². The van der Waals surface area contributed by atoms with Crippen molar-refractivity contribution in [2.75, 3.05) is 20.0 Å². The lowest BCUT2D eigenvalue weighted by Gasteiger charge is -2.28. The molecule has 40 heavy (non-hydrogen) atoms. The van der Waals surface area contributed by atoms with Crippen LogP contribution in [-0.4, -0.2) is 64.8 Å². The molecule has 0 saturated heterocycles. The van der Waals surface area contributed by atoms with Crippen LogP contribution in [0.15, 0.2) is 79.0 Å². The lowest BCUT2D eigenvalue weighted by molar-refractivity contribution is -0.164. The fourth-order valence-electron chi connectivity index (χ4n) is 3.97. The van der Waals surface area contributed by atoms with E-state index in [1.54, 1.807) is 54.7 Å². The first-order valence-corrected chi connectivity index (χ1v) is 15.0. The van der Waals surface area contributed by atoms with Gasteiger partial charge in [-0.25, -0.2) is 4.18 Å². The minimum Gasteiger partial charge on any atom is -0.327 e. The molecule has 0 fully saturated rings. The lowest BCUT2D eigenvalue weighted by Crippen LogP contribution is -2.45. The summed E-state index contributed by atoms with van der Waals surface area (Å²) in [5.41, 5.74) is -0.968. The zero-order chi connectivity index (χ0) is 29.1. The molecule has 2 unspecified atom stereocenters. The summed E-state index contributed by atoms with van der Waals surface area (Å²) in [7, 11) is -8.80. The molecule has 3 aromatic carbocycles. The Labute approximate surface area is 229 Å². The van der Waals surface area contributed by atoms with Crippen LogP contribution in [0, 0.1) is 0 Å². The Bertz CT molecular complexity index is 1580. The zero-order valence-corrected chi connectivity index (χ0v) is 22.9. The highest BCUT2D eigenvalue weighted by Gasteiger charge is 2.50. The van der Waals surface area contributed by atoms with E-state index in [0.29, 0.717) is 17.5 Å². The quantitative estimate of drug-likeness (QED) is 0.199. The van der Waals surface area contributed by atoms with Gasteiger partial charge in [0.25, 0.3) is 10.1 Å². The topological polar surface area (TPSA) is 114 Å². The number of nitrogens with zero attached hydrogens (tertiary/aromatic N) is 2. The molecule has 2 atom stereocenters.